The number of anilines is 1. The first kappa shape index (κ1) is 17.3. The zero-order valence-corrected chi connectivity index (χ0v) is 15.0. The molecule has 5 heteroatoms. The van der Waals surface area contributed by atoms with E-state index in [0.29, 0.717) is 11.4 Å². The predicted octanol–water partition coefficient (Wildman–Crippen LogP) is 4.24. The zero-order chi connectivity index (χ0) is 17.2. The number of ether oxygens (including phenoxy) is 1. The third-order valence-corrected chi connectivity index (χ3v) is 5.13. The van der Waals surface area contributed by atoms with E-state index in [2.05, 4.69) is 4.72 Å². The highest BCUT2D eigenvalue weighted by atomic mass is 32.2. The maximum Gasteiger partial charge on any atom is 0.261 e. The largest absolute Gasteiger partial charge is 0.496 e. The van der Waals surface area contributed by atoms with Gasteiger partial charge in [-0.3, -0.25) is 4.72 Å². The molecule has 2 aromatic carbocycles. The first-order valence-corrected chi connectivity index (χ1v) is 9.01. The van der Waals surface area contributed by atoms with Crippen LogP contribution in [0.3, 0.4) is 0 Å². The molecule has 0 fully saturated rings. The quantitative estimate of drug-likeness (QED) is 0.890. The average Bonchev–Trinajstić information content (AvgIpc) is 2.50. The summed E-state index contributed by atoms with van der Waals surface area (Å²) in [5, 5.41) is 0. The molecule has 2 rings (SSSR count). The zero-order valence-electron chi connectivity index (χ0n) is 14.2. The second-order valence-electron chi connectivity index (χ2n) is 5.98. The number of hydrogen-bond donors (Lipinski definition) is 1. The molecule has 23 heavy (non-hydrogen) atoms. The molecule has 4 nitrogen and oxygen atoms in total. The van der Waals surface area contributed by atoms with E-state index in [1.54, 1.807) is 25.3 Å². The lowest BCUT2D eigenvalue weighted by molar-refractivity contribution is 0.407. The van der Waals surface area contributed by atoms with Crippen molar-refractivity contribution in [3.8, 4) is 5.75 Å². The molecule has 1 N–H and O–H groups in total. The molecule has 0 heterocycles. The standard InChI is InChI=1S/C18H23NO3S/c1-12(2)16-11-15(8-9-18(16)22-5)23(20,21)19-17-10-13(3)6-7-14(17)4/h6-12,19H,1-5H3. The van der Waals surface area contributed by atoms with E-state index in [1.165, 1.54) is 0 Å². The molecule has 0 aliphatic rings. The van der Waals surface area contributed by atoms with Crippen LogP contribution in [-0.4, -0.2) is 15.5 Å². The molecule has 0 spiro atoms. The number of methoxy groups -OCH3 is 1. The predicted molar refractivity (Wildman–Crippen MR) is 93.8 cm³/mol. The van der Waals surface area contributed by atoms with Gasteiger partial charge in [-0.2, -0.15) is 0 Å². The van der Waals surface area contributed by atoms with Crippen LogP contribution in [0.25, 0.3) is 0 Å². The van der Waals surface area contributed by atoms with Crippen molar-refractivity contribution in [2.75, 3.05) is 11.8 Å². The SMILES string of the molecule is COc1ccc(S(=O)(=O)Nc2cc(C)ccc2C)cc1C(C)C. The molecular formula is C18H23NO3S. The van der Waals surface area contributed by atoms with Gasteiger partial charge in [-0.05, 0) is 60.7 Å². The highest BCUT2D eigenvalue weighted by Gasteiger charge is 2.18. The van der Waals surface area contributed by atoms with Crippen LogP contribution in [0.1, 0.15) is 36.5 Å². The number of hydrogen-bond acceptors (Lipinski definition) is 3. The molecule has 124 valence electrons. The summed E-state index contributed by atoms with van der Waals surface area (Å²) in [4.78, 5) is 0.239. The first-order valence-electron chi connectivity index (χ1n) is 7.52. The van der Waals surface area contributed by atoms with Gasteiger partial charge in [0.2, 0.25) is 0 Å². The molecule has 0 amide bonds. The minimum absolute atomic E-state index is 0.167. The van der Waals surface area contributed by atoms with Gasteiger partial charge in [0.15, 0.2) is 0 Å². The fourth-order valence-corrected chi connectivity index (χ4v) is 3.54. The Kier molecular flexibility index (Phi) is 5.00. The normalized spacial score (nSPS) is 11.6. The summed E-state index contributed by atoms with van der Waals surface area (Å²) in [7, 11) is -2.05. The number of rotatable bonds is 5. The fourth-order valence-electron chi connectivity index (χ4n) is 2.38. The van der Waals surface area contributed by atoms with Gasteiger partial charge in [-0.1, -0.05) is 26.0 Å². The van der Waals surface area contributed by atoms with E-state index in [0.717, 1.165) is 16.7 Å². The highest BCUT2D eigenvalue weighted by Crippen LogP contribution is 2.30. The van der Waals surface area contributed by atoms with Gasteiger partial charge >= 0.3 is 0 Å². The Morgan fingerprint density at radius 2 is 1.74 bits per heavy atom. The number of benzene rings is 2. The van der Waals surface area contributed by atoms with Crippen LogP contribution in [0.4, 0.5) is 5.69 Å². The van der Waals surface area contributed by atoms with Crippen LogP contribution in [0.15, 0.2) is 41.3 Å². The lowest BCUT2D eigenvalue weighted by atomic mass is 10.0. The third-order valence-electron chi connectivity index (χ3n) is 3.77. The van der Waals surface area contributed by atoms with Gasteiger partial charge in [-0.15, -0.1) is 0 Å². The van der Waals surface area contributed by atoms with Gasteiger partial charge < -0.3 is 4.74 Å². The molecule has 0 aromatic heterocycles. The van der Waals surface area contributed by atoms with Crippen LogP contribution in [0.2, 0.25) is 0 Å². The summed E-state index contributed by atoms with van der Waals surface area (Å²) in [6.45, 7) is 7.82. The molecule has 0 unspecified atom stereocenters. The summed E-state index contributed by atoms with van der Waals surface area (Å²) < 4.78 is 33.4. The van der Waals surface area contributed by atoms with Crippen molar-refractivity contribution in [3.05, 3.63) is 53.1 Å². The maximum atomic E-state index is 12.7. The Morgan fingerprint density at radius 1 is 1.04 bits per heavy atom. The fraction of sp³-hybridized carbons (Fsp3) is 0.333. The Labute approximate surface area is 138 Å². The van der Waals surface area contributed by atoms with E-state index >= 15 is 0 Å². The van der Waals surface area contributed by atoms with Gasteiger partial charge in [0.25, 0.3) is 10.0 Å². The third kappa shape index (κ3) is 3.85. The Bertz CT molecular complexity index is 811. The molecule has 0 aliphatic heterocycles. The first-order chi connectivity index (χ1) is 10.7. The minimum atomic E-state index is -3.64. The Morgan fingerprint density at radius 3 is 2.35 bits per heavy atom. The smallest absolute Gasteiger partial charge is 0.261 e. The van der Waals surface area contributed by atoms with E-state index in [1.807, 2.05) is 45.9 Å². The molecule has 0 bridgehead atoms. The summed E-state index contributed by atoms with van der Waals surface area (Å²) in [5.41, 5.74) is 3.37. The molecule has 0 saturated carbocycles. The summed E-state index contributed by atoms with van der Waals surface area (Å²) in [5.74, 6) is 0.867. The average molecular weight is 333 g/mol. The number of sulfonamides is 1. The van der Waals surface area contributed by atoms with E-state index < -0.39 is 10.0 Å². The van der Waals surface area contributed by atoms with Crippen LogP contribution in [0.5, 0.6) is 5.75 Å². The Balaban J connectivity index is 2.44. The molecular weight excluding hydrogens is 310 g/mol. The van der Waals surface area contributed by atoms with Gasteiger partial charge in [-0.25, -0.2) is 8.42 Å². The molecule has 0 atom stereocenters. The summed E-state index contributed by atoms with van der Waals surface area (Å²) in [6, 6.07) is 10.6. The van der Waals surface area contributed by atoms with Crippen molar-refractivity contribution in [2.24, 2.45) is 0 Å². The molecule has 2 aromatic rings. The molecule has 0 saturated heterocycles. The van der Waals surface area contributed by atoms with Crippen LogP contribution in [0, 0.1) is 13.8 Å². The second-order valence-corrected chi connectivity index (χ2v) is 7.66. The van der Waals surface area contributed by atoms with Crippen LogP contribution >= 0.6 is 0 Å². The summed E-state index contributed by atoms with van der Waals surface area (Å²) >= 11 is 0. The second kappa shape index (κ2) is 6.62. The molecule has 0 radical (unpaired) electrons. The van der Waals surface area contributed by atoms with Crippen molar-refractivity contribution in [2.45, 2.75) is 38.5 Å². The number of nitrogens with one attached hydrogen (secondary N) is 1. The maximum absolute atomic E-state index is 12.7. The van der Waals surface area contributed by atoms with E-state index in [-0.39, 0.29) is 10.8 Å². The van der Waals surface area contributed by atoms with Crippen molar-refractivity contribution in [1.82, 2.24) is 0 Å². The van der Waals surface area contributed by atoms with Crippen LogP contribution in [-0.2, 0) is 10.0 Å². The number of aryl methyl sites for hydroxylation is 2. The van der Waals surface area contributed by atoms with Crippen molar-refractivity contribution < 1.29 is 13.2 Å². The lowest BCUT2D eigenvalue weighted by Gasteiger charge is -2.15. The Hall–Kier alpha value is -2.01. The minimum Gasteiger partial charge on any atom is -0.496 e. The van der Waals surface area contributed by atoms with E-state index in [9.17, 15) is 8.42 Å². The topological polar surface area (TPSA) is 55.4 Å². The summed E-state index contributed by atoms with van der Waals surface area (Å²) in [6.07, 6.45) is 0. The lowest BCUT2D eigenvalue weighted by Crippen LogP contribution is -2.14. The molecule has 0 aliphatic carbocycles. The van der Waals surface area contributed by atoms with Gasteiger partial charge in [0.05, 0.1) is 17.7 Å². The van der Waals surface area contributed by atoms with Crippen molar-refractivity contribution in [3.63, 3.8) is 0 Å². The van der Waals surface area contributed by atoms with Crippen LogP contribution < -0.4 is 9.46 Å². The van der Waals surface area contributed by atoms with E-state index in [4.69, 9.17) is 4.74 Å². The van der Waals surface area contributed by atoms with Crippen molar-refractivity contribution in [1.29, 1.82) is 0 Å². The monoisotopic (exact) mass is 333 g/mol. The van der Waals surface area contributed by atoms with Gasteiger partial charge in [0, 0.05) is 0 Å². The highest BCUT2D eigenvalue weighted by molar-refractivity contribution is 7.92. The van der Waals surface area contributed by atoms with Gasteiger partial charge in [0.1, 0.15) is 5.75 Å². The van der Waals surface area contributed by atoms with Crippen molar-refractivity contribution >= 4 is 15.7 Å².